The molecule has 4 aromatic carbocycles. The molecule has 38 heavy (non-hydrogen) atoms. The van der Waals surface area contributed by atoms with Gasteiger partial charge in [0.15, 0.2) is 0 Å². The van der Waals surface area contributed by atoms with E-state index in [1.54, 1.807) is 36.4 Å². The van der Waals surface area contributed by atoms with Gasteiger partial charge in [-0.05, 0) is 102 Å². The summed E-state index contributed by atoms with van der Waals surface area (Å²) < 4.78 is 0. The molecule has 4 nitrogen and oxygen atoms in total. The van der Waals surface area contributed by atoms with E-state index in [0.717, 1.165) is 35.1 Å². The topological polar surface area (TPSA) is 80.9 Å². The summed E-state index contributed by atoms with van der Waals surface area (Å²) in [7, 11) is 0. The van der Waals surface area contributed by atoms with Crippen LogP contribution in [-0.4, -0.2) is 20.4 Å². The molecule has 200 valence electrons. The van der Waals surface area contributed by atoms with E-state index in [1.807, 2.05) is 62.4 Å². The van der Waals surface area contributed by atoms with E-state index in [9.17, 15) is 20.4 Å². The summed E-state index contributed by atoms with van der Waals surface area (Å²) >= 11 is 0. The lowest BCUT2D eigenvalue weighted by atomic mass is 9.77. The number of aromatic hydroxyl groups is 4. The van der Waals surface area contributed by atoms with E-state index in [4.69, 9.17) is 0 Å². The first-order valence-electron chi connectivity index (χ1n) is 13.0. The Morgan fingerprint density at radius 2 is 0.921 bits per heavy atom. The second-order valence-electron chi connectivity index (χ2n) is 11.2. The van der Waals surface area contributed by atoms with Gasteiger partial charge in [-0.25, -0.2) is 0 Å². The molecular weight excluding hydrogens is 472 g/mol. The molecule has 0 unspecified atom stereocenters. The summed E-state index contributed by atoms with van der Waals surface area (Å²) in [6, 6.07) is 26.2. The molecule has 0 spiro atoms. The molecule has 0 fully saturated rings. The Kier molecular flexibility index (Phi) is 8.78. The number of hydrogen-bond acceptors (Lipinski definition) is 4. The summed E-state index contributed by atoms with van der Waals surface area (Å²) in [6.45, 7) is 12.5. The smallest absolute Gasteiger partial charge is 0.118 e. The van der Waals surface area contributed by atoms with Crippen molar-refractivity contribution in [2.75, 3.05) is 0 Å². The number of aryl methyl sites for hydroxylation is 3. The average Bonchev–Trinajstić information content (AvgIpc) is 2.87. The zero-order valence-electron chi connectivity index (χ0n) is 23.3. The van der Waals surface area contributed by atoms with Crippen LogP contribution in [0.1, 0.15) is 67.5 Å². The van der Waals surface area contributed by atoms with E-state index < -0.39 is 0 Å². The summed E-state index contributed by atoms with van der Waals surface area (Å²) in [5.41, 5.74) is 6.39. The van der Waals surface area contributed by atoms with Crippen molar-refractivity contribution in [2.45, 2.75) is 65.2 Å². The molecule has 0 heterocycles. The van der Waals surface area contributed by atoms with Crippen molar-refractivity contribution in [1.29, 1.82) is 0 Å². The molecule has 4 aromatic rings. The fourth-order valence-corrected chi connectivity index (χ4v) is 4.43. The third-order valence-electron chi connectivity index (χ3n) is 7.46. The van der Waals surface area contributed by atoms with Gasteiger partial charge in [0.05, 0.1) is 0 Å². The molecular formula is C34H40O4. The predicted octanol–water partition coefficient (Wildman–Crippen LogP) is 8.05. The second-order valence-corrected chi connectivity index (χ2v) is 11.2. The molecule has 0 atom stereocenters. The maximum Gasteiger partial charge on any atom is 0.118 e. The Balaban J connectivity index is 0.000000211. The van der Waals surface area contributed by atoms with Gasteiger partial charge in [-0.3, -0.25) is 0 Å². The molecule has 0 radical (unpaired) electrons. The molecule has 4 N–H and O–H groups in total. The summed E-state index contributed by atoms with van der Waals surface area (Å²) in [4.78, 5) is 0. The molecule has 0 aromatic heterocycles. The summed E-state index contributed by atoms with van der Waals surface area (Å²) in [5, 5.41) is 37.9. The van der Waals surface area contributed by atoms with Gasteiger partial charge in [0.2, 0.25) is 0 Å². The van der Waals surface area contributed by atoms with Crippen LogP contribution in [0.5, 0.6) is 23.0 Å². The minimum Gasteiger partial charge on any atom is -0.508 e. The highest BCUT2D eigenvalue weighted by Gasteiger charge is 2.24. The van der Waals surface area contributed by atoms with Gasteiger partial charge >= 0.3 is 0 Å². The first-order chi connectivity index (χ1) is 17.8. The lowest BCUT2D eigenvalue weighted by Crippen LogP contribution is -2.19. The Morgan fingerprint density at radius 1 is 0.526 bits per heavy atom. The number of hydrogen-bond donors (Lipinski definition) is 4. The van der Waals surface area contributed by atoms with Gasteiger partial charge in [0.1, 0.15) is 23.0 Å². The SMILES string of the molecule is CC(C)(CCc1ccc(O)cc1)c1ccc(O)cc1.Cc1cc(C(C)(C)c2ccc(O)c(C)c2)ccc1O. The maximum absolute atomic E-state index is 9.63. The Morgan fingerprint density at radius 3 is 1.34 bits per heavy atom. The van der Waals surface area contributed by atoms with Gasteiger partial charge in [0, 0.05) is 5.41 Å². The first kappa shape index (κ1) is 28.6. The third-order valence-corrected chi connectivity index (χ3v) is 7.46. The highest BCUT2D eigenvalue weighted by Crippen LogP contribution is 2.35. The minimum atomic E-state index is -0.170. The maximum atomic E-state index is 9.63. The highest BCUT2D eigenvalue weighted by molar-refractivity contribution is 5.46. The van der Waals surface area contributed by atoms with Gasteiger partial charge in [-0.15, -0.1) is 0 Å². The summed E-state index contributed by atoms with van der Waals surface area (Å²) in [6.07, 6.45) is 1.98. The largest absolute Gasteiger partial charge is 0.508 e. The monoisotopic (exact) mass is 512 g/mol. The van der Waals surface area contributed by atoms with E-state index in [0.29, 0.717) is 23.0 Å². The van der Waals surface area contributed by atoms with Crippen molar-refractivity contribution in [3.8, 4) is 23.0 Å². The molecule has 4 rings (SSSR count). The lowest BCUT2D eigenvalue weighted by Gasteiger charge is -2.27. The van der Waals surface area contributed by atoms with Crippen molar-refractivity contribution in [1.82, 2.24) is 0 Å². The molecule has 0 aliphatic carbocycles. The molecule has 4 heteroatoms. The number of rotatable bonds is 6. The fraction of sp³-hybridized carbons (Fsp3) is 0.294. The van der Waals surface area contributed by atoms with Crippen LogP contribution in [0.15, 0.2) is 84.9 Å². The average molecular weight is 513 g/mol. The predicted molar refractivity (Wildman–Crippen MR) is 155 cm³/mol. The second kappa shape index (κ2) is 11.6. The minimum absolute atomic E-state index is 0.0611. The van der Waals surface area contributed by atoms with Crippen molar-refractivity contribution >= 4 is 0 Å². The molecule has 0 saturated heterocycles. The van der Waals surface area contributed by atoms with Gasteiger partial charge in [0.25, 0.3) is 0 Å². The molecule has 0 aliphatic heterocycles. The van der Waals surface area contributed by atoms with Gasteiger partial charge < -0.3 is 20.4 Å². The van der Waals surface area contributed by atoms with Crippen LogP contribution in [0.4, 0.5) is 0 Å². The highest BCUT2D eigenvalue weighted by atomic mass is 16.3. The van der Waals surface area contributed by atoms with E-state index in [1.165, 1.54) is 11.1 Å². The standard InChI is InChI=1S/2C17H20O2/c1-11-9-13(5-7-15(11)18)17(3,4)14-6-8-16(19)12(2)10-14;1-17(2,14-5-9-16(19)10-6-14)12-11-13-3-7-15(18)8-4-13/h5-10,18-19H,1-4H3;3-10,18-19H,11-12H2,1-2H3. The first-order valence-corrected chi connectivity index (χ1v) is 13.0. The van der Waals surface area contributed by atoms with Crippen LogP contribution in [0.25, 0.3) is 0 Å². The van der Waals surface area contributed by atoms with E-state index in [-0.39, 0.29) is 10.8 Å². The van der Waals surface area contributed by atoms with E-state index >= 15 is 0 Å². The number of phenolic OH excluding ortho intramolecular Hbond substituents is 4. The quantitative estimate of drug-likeness (QED) is 0.211. The van der Waals surface area contributed by atoms with Crippen molar-refractivity contribution in [3.63, 3.8) is 0 Å². The Bertz CT molecular complexity index is 1300. The van der Waals surface area contributed by atoms with Gasteiger partial charge in [-0.2, -0.15) is 0 Å². The number of benzene rings is 4. The van der Waals surface area contributed by atoms with Crippen LogP contribution >= 0.6 is 0 Å². The van der Waals surface area contributed by atoms with Crippen molar-refractivity contribution in [2.24, 2.45) is 0 Å². The van der Waals surface area contributed by atoms with Crippen LogP contribution in [0, 0.1) is 13.8 Å². The molecule has 0 amide bonds. The third kappa shape index (κ3) is 7.10. The number of phenols is 4. The van der Waals surface area contributed by atoms with Gasteiger partial charge in [-0.1, -0.05) is 76.2 Å². The normalized spacial score (nSPS) is 11.5. The van der Waals surface area contributed by atoms with Crippen molar-refractivity contribution < 1.29 is 20.4 Å². The van der Waals surface area contributed by atoms with Crippen LogP contribution < -0.4 is 0 Å². The Hall–Kier alpha value is -3.92. The fourth-order valence-electron chi connectivity index (χ4n) is 4.43. The van der Waals surface area contributed by atoms with Crippen molar-refractivity contribution in [3.05, 3.63) is 118 Å². The zero-order valence-corrected chi connectivity index (χ0v) is 23.3. The lowest BCUT2D eigenvalue weighted by molar-refractivity contribution is 0.465. The van der Waals surface area contributed by atoms with E-state index in [2.05, 4.69) is 27.7 Å². The summed E-state index contributed by atoms with van der Waals surface area (Å²) in [5.74, 6) is 1.25. The molecule has 0 bridgehead atoms. The van der Waals surface area contributed by atoms with Crippen LogP contribution in [0.3, 0.4) is 0 Å². The molecule has 0 aliphatic rings. The van der Waals surface area contributed by atoms with Crippen LogP contribution in [0.2, 0.25) is 0 Å². The van der Waals surface area contributed by atoms with Crippen LogP contribution in [-0.2, 0) is 17.3 Å². The Labute approximate surface area is 226 Å². The molecule has 0 saturated carbocycles. The zero-order chi connectivity index (χ0) is 28.1.